The number of rotatable bonds is 4. The van der Waals surface area contributed by atoms with Gasteiger partial charge in [-0.05, 0) is 34.4 Å². The highest BCUT2D eigenvalue weighted by molar-refractivity contribution is 5.93. The molecule has 2 aromatic carbocycles. The third-order valence-corrected chi connectivity index (χ3v) is 4.20. The van der Waals surface area contributed by atoms with E-state index in [9.17, 15) is 9.59 Å². The molecule has 0 bridgehead atoms. The molecular weight excluding hydrogens is 340 g/mol. The highest BCUT2D eigenvalue weighted by atomic mass is 16.5. The topological polar surface area (TPSA) is 78.4 Å². The van der Waals surface area contributed by atoms with Gasteiger partial charge in [-0.25, -0.2) is 5.48 Å². The minimum atomic E-state index is -0.709. The summed E-state index contributed by atoms with van der Waals surface area (Å²) in [6, 6.07) is 24.6. The average Bonchev–Trinajstić information content (AvgIpc) is 3.29. The monoisotopic (exact) mass is 360 g/mol. The lowest BCUT2D eigenvalue weighted by atomic mass is 9.89. The van der Waals surface area contributed by atoms with Crippen LogP contribution in [0.5, 0.6) is 0 Å². The van der Waals surface area contributed by atoms with Crippen molar-refractivity contribution in [2.45, 2.75) is 12.8 Å². The summed E-state index contributed by atoms with van der Waals surface area (Å²) in [7, 11) is 0. The molecule has 27 heavy (non-hydrogen) atoms. The number of nitrogens with one attached hydrogen (secondary N) is 2. The number of hydroxylamine groups is 1. The first-order valence-corrected chi connectivity index (χ1v) is 8.56. The second-order valence-electron chi connectivity index (χ2n) is 6.17. The summed E-state index contributed by atoms with van der Waals surface area (Å²) < 4.78 is 0. The van der Waals surface area contributed by atoms with E-state index in [0.29, 0.717) is 11.3 Å². The SMILES string of the molecule is CC(=O)Nc1ccccc1C(C(=O)NO)c1ccccc1.c1cc2cc-2c1. The maximum atomic E-state index is 12.1. The fourth-order valence-electron chi connectivity index (χ4n) is 2.91. The number of anilines is 1. The molecular formula is C22H20N2O3. The van der Waals surface area contributed by atoms with Gasteiger partial charge in [-0.15, -0.1) is 0 Å². The lowest BCUT2D eigenvalue weighted by molar-refractivity contribution is -0.129. The quantitative estimate of drug-likeness (QED) is 0.381. The first-order chi connectivity index (χ1) is 13.1. The molecule has 0 aromatic heterocycles. The molecule has 0 heterocycles. The van der Waals surface area contributed by atoms with Gasteiger partial charge in [0, 0.05) is 12.6 Å². The van der Waals surface area contributed by atoms with Crippen molar-refractivity contribution in [3.63, 3.8) is 0 Å². The molecule has 0 aliphatic heterocycles. The fraction of sp³-hybridized carbons (Fsp3) is 0.0909. The van der Waals surface area contributed by atoms with Crippen LogP contribution in [0.4, 0.5) is 5.69 Å². The zero-order valence-corrected chi connectivity index (χ0v) is 14.8. The van der Waals surface area contributed by atoms with Crippen LogP contribution in [-0.2, 0) is 9.59 Å². The van der Waals surface area contributed by atoms with Gasteiger partial charge in [0.25, 0.3) is 5.91 Å². The van der Waals surface area contributed by atoms with Gasteiger partial charge in [-0.1, -0.05) is 66.7 Å². The second kappa shape index (κ2) is 8.29. The van der Waals surface area contributed by atoms with Crippen LogP contribution in [-0.4, -0.2) is 17.0 Å². The minimum Gasteiger partial charge on any atom is -0.326 e. The second-order valence-corrected chi connectivity index (χ2v) is 6.17. The molecule has 3 N–H and O–H groups in total. The Bertz CT molecular complexity index is 937. The number of hydrogen-bond donors (Lipinski definition) is 3. The molecule has 5 nitrogen and oxygen atoms in total. The number of para-hydroxylation sites is 1. The van der Waals surface area contributed by atoms with Crippen molar-refractivity contribution in [3.05, 3.63) is 90.0 Å². The summed E-state index contributed by atoms with van der Waals surface area (Å²) >= 11 is 0. The summed E-state index contributed by atoms with van der Waals surface area (Å²) in [6.45, 7) is 1.40. The first kappa shape index (κ1) is 18.4. The number of carbonyl (C=O) groups excluding carboxylic acids is 2. The van der Waals surface area contributed by atoms with E-state index in [1.165, 1.54) is 18.1 Å². The average molecular weight is 360 g/mol. The van der Waals surface area contributed by atoms with E-state index in [-0.39, 0.29) is 5.91 Å². The van der Waals surface area contributed by atoms with Gasteiger partial charge in [-0.3, -0.25) is 14.8 Å². The molecule has 5 heteroatoms. The van der Waals surface area contributed by atoms with Gasteiger partial charge in [0.1, 0.15) is 0 Å². The van der Waals surface area contributed by atoms with Crippen molar-refractivity contribution < 1.29 is 14.8 Å². The molecule has 0 saturated carbocycles. The summed E-state index contributed by atoms with van der Waals surface area (Å²) in [5.74, 6) is -1.49. The maximum Gasteiger partial charge on any atom is 0.255 e. The van der Waals surface area contributed by atoms with Crippen molar-refractivity contribution in [3.8, 4) is 11.1 Å². The smallest absolute Gasteiger partial charge is 0.255 e. The van der Waals surface area contributed by atoms with E-state index >= 15 is 0 Å². The molecule has 0 radical (unpaired) electrons. The predicted molar refractivity (Wildman–Crippen MR) is 104 cm³/mol. The van der Waals surface area contributed by atoms with Gasteiger partial charge in [0.2, 0.25) is 5.91 Å². The summed E-state index contributed by atoms with van der Waals surface area (Å²) in [4.78, 5) is 23.4. The van der Waals surface area contributed by atoms with Gasteiger partial charge in [-0.2, -0.15) is 0 Å². The molecule has 4 rings (SSSR count). The molecule has 2 aliphatic carbocycles. The van der Waals surface area contributed by atoms with Crippen molar-refractivity contribution in [1.29, 1.82) is 0 Å². The minimum absolute atomic E-state index is 0.223. The summed E-state index contributed by atoms with van der Waals surface area (Å²) in [5, 5.41) is 11.7. The van der Waals surface area contributed by atoms with Crippen LogP contribution in [0.2, 0.25) is 0 Å². The first-order valence-electron chi connectivity index (χ1n) is 8.56. The van der Waals surface area contributed by atoms with E-state index in [4.69, 9.17) is 5.21 Å². The third-order valence-electron chi connectivity index (χ3n) is 4.20. The van der Waals surface area contributed by atoms with Gasteiger partial charge >= 0.3 is 0 Å². The molecule has 1 atom stereocenters. The Morgan fingerprint density at radius 1 is 0.852 bits per heavy atom. The Balaban J connectivity index is 0.000000290. The molecule has 0 saturated heterocycles. The maximum absolute atomic E-state index is 12.1. The Morgan fingerprint density at radius 3 is 2.00 bits per heavy atom. The number of amides is 2. The number of carbonyl (C=O) groups is 2. The molecule has 2 aromatic rings. The van der Waals surface area contributed by atoms with E-state index in [1.54, 1.807) is 41.9 Å². The van der Waals surface area contributed by atoms with E-state index < -0.39 is 11.8 Å². The Labute approximate surface area is 157 Å². The number of benzene rings is 3. The van der Waals surface area contributed by atoms with Crippen LogP contribution >= 0.6 is 0 Å². The highest BCUT2D eigenvalue weighted by Gasteiger charge is 2.25. The Hall–Kier alpha value is -3.44. The van der Waals surface area contributed by atoms with E-state index in [2.05, 4.69) is 29.6 Å². The molecule has 2 aliphatic rings. The predicted octanol–water partition coefficient (Wildman–Crippen LogP) is 3.95. The number of hydrogen-bond acceptors (Lipinski definition) is 3. The van der Waals surface area contributed by atoms with Crippen LogP contribution in [0.3, 0.4) is 0 Å². The third kappa shape index (κ3) is 4.59. The summed E-state index contributed by atoms with van der Waals surface area (Å²) in [6.07, 6.45) is 0. The van der Waals surface area contributed by atoms with E-state index in [1.807, 2.05) is 18.2 Å². The molecule has 136 valence electrons. The van der Waals surface area contributed by atoms with E-state index in [0.717, 1.165) is 5.56 Å². The molecule has 0 spiro atoms. The highest BCUT2D eigenvalue weighted by Crippen LogP contribution is 2.32. The zero-order chi connectivity index (χ0) is 19.2. The molecule has 1 unspecified atom stereocenters. The molecule has 0 fully saturated rings. The Morgan fingerprint density at radius 2 is 1.48 bits per heavy atom. The van der Waals surface area contributed by atoms with Gasteiger partial charge in [0.15, 0.2) is 0 Å². The normalized spacial score (nSPS) is 11.5. The van der Waals surface area contributed by atoms with Crippen molar-refractivity contribution >= 4 is 17.5 Å². The Kier molecular flexibility index (Phi) is 5.64. The van der Waals surface area contributed by atoms with Crippen LogP contribution in [0.15, 0.2) is 78.9 Å². The lowest BCUT2D eigenvalue weighted by Gasteiger charge is -2.19. The van der Waals surface area contributed by atoms with Crippen molar-refractivity contribution in [2.24, 2.45) is 0 Å². The van der Waals surface area contributed by atoms with Gasteiger partial charge < -0.3 is 5.32 Å². The summed E-state index contributed by atoms with van der Waals surface area (Å²) in [5.41, 5.74) is 6.43. The number of fused-ring (bicyclic) bond motifs is 1. The van der Waals surface area contributed by atoms with Crippen LogP contribution in [0, 0.1) is 0 Å². The van der Waals surface area contributed by atoms with Gasteiger partial charge in [0.05, 0.1) is 5.92 Å². The van der Waals surface area contributed by atoms with Crippen molar-refractivity contribution in [2.75, 3.05) is 5.32 Å². The van der Waals surface area contributed by atoms with Crippen LogP contribution in [0.25, 0.3) is 11.1 Å². The molecule has 2 amide bonds. The lowest BCUT2D eigenvalue weighted by Crippen LogP contribution is -2.28. The van der Waals surface area contributed by atoms with Crippen LogP contribution in [0.1, 0.15) is 24.0 Å². The standard InChI is InChI=1S/C16H16N2O3.C6H4/c1-11(19)17-14-10-6-5-9-13(14)15(16(20)18-21)12-7-3-2-4-8-12;1-2-5-4-6(5)3-1/h2-10,15,21H,1H3,(H,17,19)(H,18,20);1-4H. The van der Waals surface area contributed by atoms with Crippen molar-refractivity contribution in [1.82, 2.24) is 5.48 Å². The zero-order valence-electron chi connectivity index (χ0n) is 14.8. The fourth-order valence-corrected chi connectivity index (χ4v) is 2.91. The largest absolute Gasteiger partial charge is 0.326 e. The van der Waals surface area contributed by atoms with Crippen LogP contribution < -0.4 is 10.8 Å².